The van der Waals surface area contributed by atoms with Crippen LogP contribution < -0.4 is 4.74 Å². The van der Waals surface area contributed by atoms with Crippen LogP contribution in [0.15, 0.2) is 35.9 Å². The number of ether oxygens (including phenoxy) is 1. The van der Waals surface area contributed by atoms with Crippen molar-refractivity contribution in [2.45, 2.75) is 64.7 Å². The molecule has 1 fully saturated rings. The predicted molar refractivity (Wildman–Crippen MR) is 119 cm³/mol. The van der Waals surface area contributed by atoms with Crippen molar-refractivity contribution in [2.24, 2.45) is 11.8 Å². The summed E-state index contributed by atoms with van der Waals surface area (Å²) < 4.78 is 64.7. The SMILES string of the molecule is CCCCOc1ccc(-c2ccc(C3CCC4C(CCC)=CCC43)c(F)c2F)c(F)c1F. The molecule has 0 spiro atoms. The van der Waals surface area contributed by atoms with Crippen molar-refractivity contribution >= 4 is 0 Å². The first kappa shape index (κ1) is 22.9. The van der Waals surface area contributed by atoms with Crippen LogP contribution in [0, 0.1) is 35.1 Å². The Kier molecular flexibility index (Phi) is 6.92. The second-order valence-corrected chi connectivity index (χ2v) is 8.99. The quantitative estimate of drug-likeness (QED) is 0.225. The zero-order chi connectivity index (χ0) is 22.8. The standard InChI is InChI=1S/C27H30F4O/c1-3-5-15-32-23-14-13-22(26(30)27(23)31)21-12-11-20(24(28)25(21)29)19-10-9-17-16(6-4-2)7-8-18(17)19/h7,11-14,17-19H,3-6,8-10,15H2,1-2H3. The Morgan fingerprint density at radius 3 is 2.22 bits per heavy atom. The molecule has 2 aromatic carbocycles. The molecule has 0 heterocycles. The fourth-order valence-electron chi connectivity index (χ4n) is 5.49. The van der Waals surface area contributed by atoms with Crippen LogP contribution in [-0.2, 0) is 0 Å². The molecule has 1 nitrogen and oxygen atoms in total. The summed E-state index contributed by atoms with van der Waals surface area (Å²) in [5.74, 6) is -3.99. The Hall–Kier alpha value is -2.30. The van der Waals surface area contributed by atoms with Gasteiger partial charge in [-0.3, -0.25) is 0 Å². The van der Waals surface area contributed by atoms with E-state index >= 15 is 8.78 Å². The van der Waals surface area contributed by atoms with Gasteiger partial charge in [-0.2, -0.15) is 4.39 Å². The minimum absolute atomic E-state index is 0.0509. The van der Waals surface area contributed by atoms with Gasteiger partial charge in [-0.1, -0.05) is 50.5 Å². The van der Waals surface area contributed by atoms with Gasteiger partial charge in [-0.15, -0.1) is 0 Å². The second-order valence-electron chi connectivity index (χ2n) is 8.99. The van der Waals surface area contributed by atoms with Gasteiger partial charge in [0.15, 0.2) is 23.2 Å². The lowest BCUT2D eigenvalue weighted by Gasteiger charge is -2.22. The highest BCUT2D eigenvalue weighted by atomic mass is 19.2. The molecule has 0 saturated heterocycles. The Bertz CT molecular complexity index is 1010. The molecule has 5 heteroatoms. The average Bonchev–Trinajstić information content (AvgIpc) is 3.37. The Balaban J connectivity index is 1.60. The summed E-state index contributed by atoms with van der Waals surface area (Å²) in [6, 6.07) is 5.46. The van der Waals surface area contributed by atoms with Crippen molar-refractivity contribution in [3.8, 4) is 16.9 Å². The van der Waals surface area contributed by atoms with Crippen molar-refractivity contribution < 1.29 is 22.3 Å². The van der Waals surface area contributed by atoms with Crippen LogP contribution in [-0.4, -0.2) is 6.61 Å². The number of allylic oxidation sites excluding steroid dienone is 2. The highest BCUT2D eigenvalue weighted by molar-refractivity contribution is 5.67. The molecule has 2 aromatic rings. The third kappa shape index (κ3) is 4.06. The molecule has 2 aliphatic rings. The van der Waals surface area contributed by atoms with Crippen LogP contribution >= 0.6 is 0 Å². The van der Waals surface area contributed by atoms with Gasteiger partial charge in [-0.25, -0.2) is 13.2 Å². The van der Waals surface area contributed by atoms with Gasteiger partial charge in [-0.05, 0) is 67.6 Å². The van der Waals surface area contributed by atoms with Gasteiger partial charge in [0.25, 0.3) is 0 Å². The van der Waals surface area contributed by atoms with Crippen LogP contribution in [0.5, 0.6) is 5.75 Å². The summed E-state index contributed by atoms with van der Waals surface area (Å²) in [7, 11) is 0. The van der Waals surface area contributed by atoms with E-state index in [1.807, 2.05) is 6.92 Å². The third-order valence-electron chi connectivity index (χ3n) is 7.09. The van der Waals surface area contributed by atoms with E-state index in [0.29, 0.717) is 23.8 Å². The fourth-order valence-corrected chi connectivity index (χ4v) is 5.49. The maximum Gasteiger partial charge on any atom is 0.201 e. The molecular formula is C27H30F4O. The van der Waals surface area contributed by atoms with Gasteiger partial charge in [0, 0.05) is 11.1 Å². The fraction of sp³-hybridized carbons (Fsp3) is 0.481. The van der Waals surface area contributed by atoms with Crippen LogP contribution in [0.3, 0.4) is 0 Å². The van der Waals surface area contributed by atoms with E-state index in [9.17, 15) is 8.78 Å². The number of hydrogen-bond donors (Lipinski definition) is 0. The van der Waals surface area contributed by atoms with E-state index in [1.54, 1.807) is 6.07 Å². The topological polar surface area (TPSA) is 9.23 Å². The minimum Gasteiger partial charge on any atom is -0.490 e. The number of fused-ring (bicyclic) bond motifs is 1. The van der Waals surface area contributed by atoms with Gasteiger partial charge >= 0.3 is 0 Å². The largest absolute Gasteiger partial charge is 0.490 e. The molecule has 172 valence electrons. The normalized spacial score (nSPS) is 22.2. The average molecular weight is 447 g/mol. The van der Waals surface area contributed by atoms with Crippen LogP contribution in [0.2, 0.25) is 0 Å². The van der Waals surface area contributed by atoms with Gasteiger partial charge in [0.1, 0.15) is 0 Å². The van der Waals surface area contributed by atoms with E-state index in [2.05, 4.69) is 13.0 Å². The van der Waals surface area contributed by atoms with Gasteiger partial charge in [0.2, 0.25) is 5.82 Å². The monoisotopic (exact) mass is 446 g/mol. The Labute approximate surface area is 187 Å². The van der Waals surface area contributed by atoms with E-state index < -0.39 is 23.3 Å². The highest BCUT2D eigenvalue weighted by Gasteiger charge is 2.42. The van der Waals surface area contributed by atoms with E-state index in [-0.39, 0.29) is 29.4 Å². The van der Waals surface area contributed by atoms with Crippen molar-refractivity contribution in [1.82, 2.24) is 0 Å². The summed E-state index contributed by atoms with van der Waals surface area (Å²) in [4.78, 5) is 0. The predicted octanol–water partition coefficient (Wildman–Crippen LogP) is 8.33. The van der Waals surface area contributed by atoms with E-state index in [4.69, 9.17) is 4.74 Å². The lowest BCUT2D eigenvalue weighted by Crippen LogP contribution is -2.12. The molecule has 3 atom stereocenters. The maximum absolute atomic E-state index is 15.2. The van der Waals surface area contributed by atoms with Crippen molar-refractivity contribution in [2.75, 3.05) is 6.61 Å². The molecule has 0 amide bonds. The minimum atomic E-state index is -1.23. The summed E-state index contributed by atoms with van der Waals surface area (Å²) in [6.07, 6.45) is 8.69. The molecule has 0 radical (unpaired) electrons. The van der Waals surface area contributed by atoms with Crippen molar-refractivity contribution in [1.29, 1.82) is 0 Å². The Morgan fingerprint density at radius 2 is 1.50 bits per heavy atom. The summed E-state index contributed by atoms with van der Waals surface area (Å²) in [5, 5.41) is 0. The van der Waals surface area contributed by atoms with Gasteiger partial charge < -0.3 is 4.74 Å². The lowest BCUT2D eigenvalue weighted by atomic mass is 9.83. The number of hydrogen-bond acceptors (Lipinski definition) is 1. The first-order chi connectivity index (χ1) is 15.5. The number of unbranched alkanes of at least 4 members (excludes halogenated alkanes) is 1. The molecule has 4 rings (SSSR count). The van der Waals surface area contributed by atoms with Crippen molar-refractivity contribution in [3.05, 3.63) is 64.7 Å². The highest BCUT2D eigenvalue weighted by Crippen LogP contribution is 2.53. The summed E-state index contributed by atoms with van der Waals surface area (Å²) in [5.41, 5.74) is 1.24. The summed E-state index contributed by atoms with van der Waals surface area (Å²) in [6.45, 7) is 4.38. The smallest absolute Gasteiger partial charge is 0.201 e. The van der Waals surface area contributed by atoms with Crippen LogP contribution in [0.1, 0.15) is 70.3 Å². The molecule has 0 aliphatic heterocycles. The first-order valence-corrected chi connectivity index (χ1v) is 11.8. The zero-order valence-electron chi connectivity index (χ0n) is 18.7. The van der Waals surface area contributed by atoms with E-state index in [1.165, 1.54) is 23.8 Å². The number of halogens is 4. The molecule has 1 saturated carbocycles. The van der Waals surface area contributed by atoms with Crippen LogP contribution in [0.4, 0.5) is 17.6 Å². The molecule has 32 heavy (non-hydrogen) atoms. The lowest BCUT2D eigenvalue weighted by molar-refractivity contribution is 0.289. The molecule has 0 bridgehead atoms. The van der Waals surface area contributed by atoms with Gasteiger partial charge in [0.05, 0.1) is 6.61 Å². The summed E-state index contributed by atoms with van der Waals surface area (Å²) >= 11 is 0. The first-order valence-electron chi connectivity index (χ1n) is 11.8. The molecule has 3 unspecified atom stereocenters. The molecule has 0 aromatic heterocycles. The maximum atomic E-state index is 15.2. The van der Waals surface area contributed by atoms with E-state index in [0.717, 1.165) is 38.5 Å². The Morgan fingerprint density at radius 1 is 0.812 bits per heavy atom. The zero-order valence-corrected chi connectivity index (χ0v) is 18.7. The molecule has 0 N–H and O–H groups in total. The second kappa shape index (κ2) is 9.68. The number of rotatable bonds is 8. The molecular weight excluding hydrogens is 416 g/mol. The number of benzene rings is 2. The van der Waals surface area contributed by atoms with Crippen molar-refractivity contribution in [3.63, 3.8) is 0 Å². The molecule has 2 aliphatic carbocycles. The van der Waals surface area contributed by atoms with Crippen LogP contribution in [0.25, 0.3) is 11.1 Å². The third-order valence-corrected chi connectivity index (χ3v) is 7.09.